The summed E-state index contributed by atoms with van der Waals surface area (Å²) in [5.41, 5.74) is 3.25. The molecule has 1 saturated heterocycles. The first kappa shape index (κ1) is 17.9. The second-order valence-electron chi connectivity index (χ2n) is 6.86. The maximum Gasteiger partial charge on any atom is 0.178 e. The van der Waals surface area contributed by atoms with Gasteiger partial charge in [0.15, 0.2) is 11.7 Å². The van der Waals surface area contributed by atoms with Crippen LogP contribution in [0.4, 0.5) is 5.82 Å². The number of fused-ring (bicyclic) bond motifs is 1. The lowest BCUT2D eigenvalue weighted by Gasteiger charge is -2.36. The molecule has 0 unspecified atom stereocenters. The number of anilines is 1. The molecule has 1 aliphatic rings. The number of hydrogen-bond acceptors (Lipinski definition) is 6. The molecular weight excluding hydrogens is 348 g/mol. The Balaban J connectivity index is 1.58. The van der Waals surface area contributed by atoms with E-state index in [1.165, 1.54) is 5.56 Å². The number of benzene rings is 2. The van der Waals surface area contributed by atoms with Gasteiger partial charge in [0.25, 0.3) is 0 Å². The summed E-state index contributed by atoms with van der Waals surface area (Å²) in [6, 6.07) is 22.1. The van der Waals surface area contributed by atoms with Gasteiger partial charge in [-0.25, -0.2) is 9.97 Å². The van der Waals surface area contributed by atoms with Crippen molar-refractivity contribution in [3.05, 3.63) is 65.9 Å². The first-order valence-electron chi connectivity index (χ1n) is 9.35. The second-order valence-corrected chi connectivity index (χ2v) is 6.86. The molecule has 4 rings (SSSR count). The monoisotopic (exact) mass is 368 g/mol. The third-order valence-electron chi connectivity index (χ3n) is 5.03. The van der Waals surface area contributed by atoms with Crippen LogP contribution in [0.2, 0.25) is 0 Å². The van der Waals surface area contributed by atoms with Gasteiger partial charge in [-0.3, -0.25) is 4.90 Å². The Morgan fingerprint density at radius 3 is 2.07 bits per heavy atom. The molecule has 1 aliphatic heterocycles. The molecule has 0 aliphatic carbocycles. The van der Waals surface area contributed by atoms with E-state index >= 15 is 0 Å². The Kier molecular flexibility index (Phi) is 5.14. The van der Waals surface area contributed by atoms with Crippen molar-refractivity contribution in [1.82, 2.24) is 14.9 Å². The molecule has 3 aromatic rings. The maximum absolute atomic E-state index is 9.41. The van der Waals surface area contributed by atoms with Crippen LogP contribution in [-0.2, 0) is 6.54 Å². The van der Waals surface area contributed by atoms with E-state index in [1.807, 2.05) is 30.3 Å². The van der Waals surface area contributed by atoms with Gasteiger partial charge in [0.2, 0.25) is 0 Å². The normalized spacial score (nSPS) is 14.8. The zero-order valence-corrected chi connectivity index (χ0v) is 15.5. The van der Waals surface area contributed by atoms with Gasteiger partial charge >= 0.3 is 0 Å². The summed E-state index contributed by atoms with van der Waals surface area (Å²) in [7, 11) is 0. The summed E-state index contributed by atoms with van der Waals surface area (Å²) in [6.45, 7) is 4.29. The third kappa shape index (κ3) is 3.64. The van der Waals surface area contributed by atoms with Gasteiger partial charge in [0, 0.05) is 32.7 Å². The zero-order chi connectivity index (χ0) is 19.3. The van der Waals surface area contributed by atoms with Crippen molar-refractivity contribution in [2.75, 3.05) is 31.1 Å². The smallest absolute Gasteiger partial charge is 0.178 e. The van der Waals surface area contributed by atoms with Crippen molar-refractivity contribution in [3.8, 4) is 12.1 Å². The molecule has 0 bridgehead atoms. The molecule has 2 aromatic carbocycles. The molecule has 6 nitrogen and oxygen atoms in total. The van der Waals surface area contributed by atoms with Crippen molar-refractivity contribution < 1.29 is 0 Å². The fourth-order valence-corrected chi connectivity index (χ4v) is 3.54. The molecule has 0 saturated carbocycles. The van der Waals surface area contributed by atoms with E-state index in [0.717, 1.165) is 38.2 Å². The molecule has 0 radical (unpaired) electrons. The third-order valence-corrected chi connectivity index (χ3v) is 5.03. The molecule has 2 heterocycles. The molecule has 28 heavy (non-hydrogen) atoms. The number of para-hydroxylation sites is 2. The van der Waals surface area contributed by atoms with Crippen LogP contribution in [0.5, 0.6) is 0 Å². The lowest BCUT2D eigenvalue weighted by Crippen LogP contribution is -2.46. The van der Waals surface area contributed by atoms with Crippen LogP contribution in [0.1, 0.15) is 17.2 Å². The van der Waals surface area contributed by atoms with Crippen molar-refractivity contribution in [2.24, 2.45) is 0 Å². The Hall–Kier alpha value is -3.48. The van der Waals surface area contributed by atoms with Gasteiger partial charge < -0.3 is 4.90 Å². The molecule has 6 heteroatoms. The predicted molar refractivity (Wildman–Crippen MR) is 107 cm³/mol. The van der Waals surface area contributed by atoms with Crippen LogP contribution in [0.25, 0.3) is 11.0 Å². The topological polar surface area (TPSA) is 79.8 Å². The van der Waals surface area contributed by atoms with Crippen LogP contribution in [0.3, 0.4) is 0 Å². The second kappa shape index (κ2) is 8.04. The fourth-order valence-electron chi connectivity index (χ4n) is 3.54. The Morgan fingerprint density at radius 1 is 0.821 bits per heavy atom. The van der Waals surface area contributed by atoms with E-state index in [1.54, 1.807) is 0 Å². The van der Waals surface area contributed by atoms with E-state index < -0.39 is 5.92 Å². The van der Waals surface area contributed by atoms with Crippen LogP contribution >= 0.6 is 0 Å². The molecule has 0 amide bonds. The van der Waals surface area contributed by atoms with Crippen LogP contribution in [0.15, 0.2) is 54.6 Å². The minimum atomic E-state index is -0.922. The van der Waals surface area contributed by atoms with Crippen molar-refractivity contribution in [2.45, 2.75) is 12.5 Å². The summed E-state index contributed by atoms with van der Waals surface area (Å²) >= 11 is 0. The summed E-state index contributed by atoms with van der Waals surface area (Å²) < 4.78 is 0. The van der Waals surface area contributed by atoms with Crippen LogP contribution in [0, 0.1) is 22.7 Å². The lowest BCUT2D eigenvalue weighted by molar-refractivity contribution is 0.249. The Labute approximate surface area is 164 Å². The summed E-state index contributed by atoms with van der Waals surface area (Å²) in [5.74, 6) is -0.263. The van der Waals surface area contributed by atoms with E-state index in [-0.39, 0.29) is 0 Å². The zero-order valence-electron chi connectivity index (χ0n) is 15.5. The highest BCUT2D eigenvalue weighted by Gasteiger charge is 2.25. The van der Waals surface area contributed by atoms with E-state index in [0.29, 0.717) is 17.0 Å². The SMILES string of the molecule is N#CC(C#N)c1nc2ccccc2nc1N1CCN(Cc2ccccc2)CC1. The number of hydrogen-bond donors (Lipinski definition) is 0. The highest BCUT2D eigenvalue weighted by atomic mass is 15.3. The van der Waals surface area contributed by atoms with Crippen LogP contribution < -0.4 is 4.90 Å². The average Bonchev–Trinajstić information content (AvgIpc) is 2.75. The molecule has 138 valence electrons. The van der Waals surface area contributed by atoms with Crippen LogP contribution in [-0.4, -0.2) is 41.0 Å². The molecule has 0 spiro atoms. The number of rotatable bonds is 4. The fraction of sp³-hybridized carbons (Fsp3) is 0.273. The number of aromatic nitrogens is 2. The molecule has 0 N–H and O–H groups in total. The standard InChI is InChI=1S/C22H20N6/c23-14-18(15-24)21-22(26-20-9-5-4-8-19(20)25-21)28-12-10-27(11-13-28)16-17-6-2-1-3-7-17/h1-9,18H,10-13,16H2. The van der Waals surface area contributed by atoms with Gasteiger partial charge in [-0.2, -0.15) is 10.5 Å². The van der Waals surface area contributed by atoms with Crippen molar-refractivity contribution >= 4 is 16.9 Å². The minimum absolute atomic E-state index is 0.459. The van der Waals surface area contributed by atoms with Crippen molar-refractivity contribution in [3.63, 3.8) is 0 Å². The van der Waals surface area contributed by atoms with Gasteiger partial charge in [-0.15, -0.1) is 0 Å². The molecule has 1 fully saturated rings. The molecular formula is C22H20N6. The highest BCUT2D eigenvalue weighted by Crippen LogP contribution is 2.27. The Bertz CT molecular complexity index is 1030. The number of piperazine rings is 1. The predicted octanol–water partition coefficient (Wildman–Crippen LogP) is 3.08. The van der Waals surface area contributed by atoms with E-state index in [9.17, 15) is 10.5 Å². The first-order chi connectivity index (χ1) is 13.8. The first-order valence-corrected chi connectivity index (χ1v) is 9.35. The number of nitrogens with zero attached hydrogens (tertiary/aromatic N) is 6. The summed E-state index contributed by atoms with van der Waals surface area (Å²) in [5, 5.41) is 18.8. The van der Waals surface area contributed by atoms with Crippen molar-refractivity contribution in [1.29, 1.82) is 10.5 Å². The molecule has 1 aromatic heterocycles. The maximum atomic E-state index is 9.41. The van der Waals surface area contributed by atoms with Gasteiger partial charge in [0.05, 0.1) is 23.2 Å². The van der Waals surface area contributed by atoms with Gasteiger partial charge in [-0.05, 0) is 17.7 Å². The highest BCUT2D eigenvalue weighted by molar-refractivity contribution is 5.77. The van der Waals surface area contributed by atoms with Gasteiger partial charge in [0.1, 0.15) is 5.69 Å². The molecule has 0 atom stereocenters. The number of nitriles is 2. The largest absolute Gasteiger partial charge is 0.352 e. The Morgan fingerprint density at radius 2 is 1.43 bits per heavy atom. The quantitative estimate of drug-likeness (QED) is 0.704. The van der Waals surface area contributed by atoms with E-state index in [2.05, 4.69) is 51.2 Å². The van der Waals surface area contributed by atoms with Gasteiger partial charge in [-0.1, -0.05) is 42.5 Å². The minimum Gasteiger partial charge on any atom is -0.352 e. The summed E-state index contributed by atoms with van der Waals surface area (Å²) in [4.78, 5) is 13.9. The lowest BCUT2D eigenvalue weighted by atomic mass is 10.1. The summed E-state index contributed by atoms with van der Waals surface area (Å²) in [6.07, 6.45) is 0. The van der Waals surface area contributed by atoms with E-state index in [4.69, 9.17) is 4.98 Å². The average molecular weight is 368 g/mol.